The molecule has 0 saturated carbocycles. The number of aromatic nitrogens is 3. The predicted molar refractivity (Wildman–Crippen MR) is 83.9 cm³/mol. The molecule has 0 atom stereocenters. The number of halogens is 3. The van der Waals surface area contributed by atoms with Crippen molar-refractivity contribution in [3.63, 3.8) is 0 Å². The van der Waals surface area contributed by atoms with E-state index >= 15 is 0 Å². The molecular formula is C15H13F3N4O2S. The highest BCUT2D eigenvalue weighted by molar-refractivity contribution is 7.88. The molecule has 0 aliphatic rings. The van der Waals surface area contributed by atoms with E-state index in [9.17, 15) is 21.6 Å². The van der Waals surface area contributed by atoms with Gasteiger partial charge < -0.3 is 0 Å². The Bertz CT molecular complexity index is 985. The zero-order valence-electron chi connectivity index (χ0n) is 12.7. The van der Waals surface area contributed by atoms with E-state index in [1.807, 2.05) is 0 Å². The molecule has 132 valence electrons. The lowest BCUT2D eigenvalue weighted by atomic mass is 10.2. The maximum Gasteiger partial charge on any atom is 0.417 e. The predicted octanol–water partition coefficient (Wildman–Crippen LogP) is 2.37. The quantitative estimate of drug-likeness (QED) is 0.748. The molecule has 3 rings (SSSR count). The van der Waals surface area contributed by atoms with E-state index in [1.54, 1.807) is 30.3 Å². The smallest absolute Gasteiger partial charge is 0.285 e. The first-order chi connectivity index (χ1) is 11.7. The molecule has 2 aromatic heterocycles. The van der Waals surface area contributed by atoms with E-state index in [1.165, 1.54) is 6.07 Å². The topological polar surface area (TPSA) is 76.4 Å². The van der Waals surface area contributed by atoms with Crippen LogP contribution in [0.15, 0.2) is 48.7 Å². The zero-order chi connectivity index (χ0) is 18.1. The molecule has 2 heterocycles. The van der Waals surface area contributed by atoms with Crippen LogP contribution in [0, 0.1) is 0 Å². The highest BCUT2D eigenvalue weighted by Crippen LogP contribution is 2.29. The summed E-state index contributed by atoms with van der Waals surface area (Å²) in [5, 5.41) is 7.48. The van der Waals surface area contributed by atoms with Gasteiger partial charge in [0, 0.05) is 6.20 Å². The number of alkyl halides is 3. The molecular weight excluding hydrogens is 357 g/mol. The molecule has 3 aromatic rings. The fourth-order valence-electron chi connectivity index (χ4n) is 2.25. The number of hydrogen-bond acceptors (Lipinski definition) is 4. The fraction of sp³-hybridized carbons (Fsp3) is 0.200. The molecule has 0 aliphatic heterocycles. The Kier molecular flexibility index (Phi) is 4.48. The van der Waals surface area contributed by atoms with Crippen molar-refractivity contribution in [1.82, 2.24) is 19.3 Å². The van der Waals surface area contributed by atoms with Crippen molar-refractivity contribution < 1.29 is 21.6 Å². The van der Waals surface area contributed by atoms with E-state index in [2.05, 4.69) is 14.9 Å². The molecule has 0 radical (unpaired) electrons. The van der Waals surface area contributed by atoms with Crippen LogP contribution >= 0.6 is 0 Å². The summed E-state index contributed by atoms with van der Waals surface area (Å²) in [5.74, 6) is -0.170. The van der Waals surface area contributed by atoms with E-state index in [-0.39, 0.29) is 23.8 Å². The maximum atomic E-state index is 12.8. The standard InChI is InChI=1S/C15H13F3N4O2S/c16-15(17,18)12-6-7-13-20-21-14(22(13)9-12)8-19-25(23,24)10-11-4-2-1-3-5-11/h1-7,9,19H,8,10H2. The second kappa shape index (κ2) is 6.45. The summed E-state index contributed by atoms with van der Waals surface area (Å²) in [6, 6.07) is 10.6. The zero-order valence-corrected chi connectivity index (χ0v) is 13.5. The molecule has 1 aromatic carbocycles. The van der Waals surface area contributed by atoms with E-state index in [4.69, 9.17) is 0 Å². The van der Waals surface area contributed by atoms with Gasteiger partial charge in [-0.25, -0.2) is 13.1 Å². The summed E-state index contributed by atoms with van der Waals surface area (Å²) in [4.78, 5) is 0. The van der Waals surface area contributed by atoms with Crippen LogP contribution in [-0.4, -0.2) is 23.0 Å². The Morgan fingerprint density at radius 1 is 1.04 bits per heavy atom. The van der Waals surface area contributed by atoms with Crippen molar-refractivity contribution in [3.8, 4) is 0 Å². The van der Waals surface area contributed by atoms with Gasteiger partial charge in [-0.1, -0.05) is 30.3 Å². The van der Waals surface area contributed by atoms with Crippen molar-refractivity contribution in [2.75, 3.05) is 0 Å². The monoisotopic (exact) mass is 370 g/mol. The van der Waals surface area contributed by atoms with Gasteiger partial charge >= 0.3 is 6.18 Å². The van der Waals surface area contributed by atoms with Gasteiger partial charge in [-0.05, 0) is 17.7 Å². The summed E-state index contributed by atoms with van der Waals surface area (Å²) in [5.41, 5.74) is -0.0705. The van der Waals surface area contributed by atoms with Crippen molar-refractivity contribution >= 4 is 15.7 Å². The van der Waals surface area contributed by atoms with Gasteiger partial charge in [-0.3, -0.25) is 4.40 Å². The average molecular weight is 370 g/mol. The number of nitrogens with zero attached hydrogens (tertiary/aromatic N) is 3. The number of sulfonamides is 1. The van der Waals surface area contributed by atoms with Gasteiger partial charge in [-0.15, -0.1) is 10.2 Å². The molecule has 25 heavy (non-hydrogen) atoms. The van der Waals surface area contributed by atoms with Crippen LogP contribution in [0.2, 0.25) is 0 Å². The van der Waals surface area contributed by atoms with Gasteiger partial charge in [0.1, 0.15) is 0 Å². The Morgan fingerprint density at radius 2 is 1.76 bits per heavy atom. The fourth-order valence-corrected chi connectivity index (χ4v) is 3.33. The maximum absolute atomic E-state index is 12.8. The van der Waals surface area contributed by atoms with Crippen LogP contribution < -0.4 is 4.72 Å². The summed E-state index contributed by atoms with van der Waals surface area (Å²) in [6.45, 7) is -0.266. The number of hydrogen-bond donors (Lipinski definition) is 1. The minimum atomic E-state index is -4.51. The van der Waals surface area contributed by atoms with Crippen LogP contribution in [0.4, 0.5) is 13.2 Å². The normalized spacial score (nSPS) is 12.6. The average Bonchev–Trinajstić information content (AvgIpc) is 2.95. The van der Waals surface area contributed by atoms with Gasteiger partial charge in [0.25, 0.3) is 0 Å². The largest absolute Gasteiger partial charge is 0.417 e. The summed E-state index contributed by atoms with van der Waals surface area (Å²) in [7, 11) is -3.67. The number of fused-ring (bicyclic) bond motifs is 1. The van der Waals surface area contributed by atoms with Crippen molar-refractivity contribution in [1.29, 1.82) is 0 Å². The highest BCUT2D eigenvalue weighted by atomic mass is 32.2. The SMILES string of the molecule is O=S(=O)(Cc1ccccc1)NCc1nnc2ccc(C(F)(F)F)cn12. The molecule has 6 nitrogen and oxygen atoms in total. The first-order valence-electron chi connectivity index (χ1n) is 7.17. The molecule has 0 aliphatic carbocycles. The molecule has 0 bridgehead atoms. The van der Waals surface area contributed by atoms with Crippen LogP contribution in [0.25, 0.3) is 5.65 Å². The summed E-state index contributed by atoms with van der Waals surface area (Å²) >= 11 is 0. The molecule has 1 N–H and O–H groups in total. The molecule has 10 heteroatoms. The third kappa shape index (κ3) is 4.15. The van der Waals surface area contributed by atoms with Crippen LogP contribution in [0.3, 0.4) is 0 Å². The van der Waals surface area contributed by atoms with Gasteiger partial charge in [0.15, 0.2) is 11.5 Å². The van der Waals surface area contributed by atoms with Gasteiger partial charge in [0.2, 0.25) is 10.0 Å². The molecule has 0 unspecified atom stereocenters. The molecule has 0 spiro atoms. The van der Waals surface area contributed by atoms with Crippen molar-refractivity contribution in [3.05, 3.63) is 65.6 Å². The van der Waals surface area contributed by atoms with Crippen LogP contribution in [0.5, 0.6) is 0 Å². The molecule has 0 amide bonds. The molecule has 0 fully saturated rings. The third-order valence-electron chi connectivity index (χ3n) is 3.45. The lowest BCUT2D eigenvalue weighted by Crippen LogP contribution is -2.25. The second-order valence-corrected chi connectivity index (χ2v) is 7.13. The lowest BCUT2D eigenvalue weighted by molar-refractivity contribution is -0.137. The first kappa shape index (κ1) is 17.4. The van der Waals surface area contributed by atoms with Crippen LogP contribution in [0.1, 0.15) is 17.0 Å². The lowest BCUT2D eigenvalue weighted by Gasteiger charge is -2.08. The first-order valence-corrected chi connectivity index (χ1v) is 8.82. The third-order valence-corrected chi connectivity index (χ3v) is 4.75. The van der Waals surface area contributed by atoms with Crippen molar-refractivity contribution in [2.45, 2.75) is 18.5 Å². The van der Waals surface area contributed by atoms with Gasteiger partial charge in [-0.2, -0.15) is 13.2 Å². The number of benzene rings is 1. The molecule has 0 saturated heterocycles. The van der Waals surface area contributed by atoms with E-state index < -0.39 is 21.8 Å². The minimum absolute atomic E-state index is 0.0673. The highest BCUT2D eigenvalue weighted by Gasteiger charge is 2.31. The summed E-state index contributed by atoms with van der Waals surface area (Å²) in [6.07, 6.45) is -3.67. The number of nitrogens with one attached hydrogen (secondary N) is 1. The van der Waals surface area contributed by atoms with E-state index in [0.29, 0.717) is 5.56 Å². The number of pyridine rings is 1. The summed E-state index contributed by atoms with van der Waals surface area (Å²) < 4.78 is 66.1. The second-order valence-electron chi connectivity index (χ2n) is 5.33. The Hall–Kier alpha value is -2.46. The Labute approximate surface area is 141 Å². The van der Waals surface area contributed by atoms with Gasteiger partial charge in [0.05, 0.1) is 17.9 Å². The Morgan fingerprint density at radius 3 is 2.44 bits per heavy atom. The van der Waals surface area contributed by atoms with E-state index in [0.717, 1.165) is 16.7 Å². The van der Waals surface area contributed by atoms with Crippen molar-refractivity contribution in [2.24, 2.45) is 0 Å². The van der Waals surface area contributed by atoms with Crippen LogP contribution in [-0.2, 0) is 28.5 Å². The number of rotatable bonds is 5. The Balaban J connectivity index is 1.79. The minimum Gasteiger partial charge on any atom is -0.285 e.